The Balaban J connectivity index is 1.59. The number of piperidine rings is 1. The highest BCUT2D eigenvalue weighted by molar-refractivity contribution is 8.00. The Hall–Kier alpha value is -3.63. The number of benzene rings is 1. The first-order valence-electron chi connectivity index (χ1n) is 12.4. The first-order chi connectivity index (χ1) is 19.1. The van der Waals surface area contributed by atoms with Crippen LogP contribution in [0.4, 0.5) is 33.3 Å². The van der Waals surface area contributed by atoms with Crippen molar-refractivity contribution in [1.29, 1.82) is 0 Å². The van der Waals surface area contributed by atoms with Gasteiger partial charge in [0.15, 0.2) is 0 Å². The first-order valence-corrected chi connectivity index (χ1v) is 13.2. The summed E-state index contributed by atoms with van der Waals surface area (Å²) in [5.41, 5.74) is -2.83. The number of amides is 1. The van der Waals surface area contributed by atoms with Gasteiger partial charge in [0.25, 0.3) is 5.91 Å². The van der Waals surface area contributed by atoms with E-state index < -0.39 is 24.6 Å². The van der Waals surface area contributed by atoms with Crippen LogP contribution in [0.15, 0.2) is 47.6 Å². The zero-order valence-corrected chi connectivity index (χ0v) is 22.6. The van der Waals surface area contributed by atoms with Crippen molar-refractivity contribution in [2.45, 2.75) is 29.2 Å². The van der Waals surface area contributed by atoms with Crippen LogP contribution in [0.3, 0.4) is 0 Å². The van der Waals surface area contributed by atoms with E-state index in [1.165, 1.54) is 35.8 Å². The molecule has 1 aliphatic heterocycles. The number of aromatic nitrogens is 1. The van der Waals surface area contributed by atoms with Crippen LogP contribution in [0.25, 0.3) is 5.52 Å². The molecule has 0 aliphatic carbocycles. The van der Waals surface area contributed by atoms with Crippen molar-refractivity contribution < 1.29 is 31.5 Å². The van der Waals surface area contributed by atoms with Gasteiger partial charge in [-0.05, 0) is 49.9 Å². The highest BCUT2D eigenvalue weighted by Crippen LogP contribution is 2.41. The van der Waals surface area contributed by atoms with E-state index in [0.717, 1.165) is 0 Å². The molecule has 0 radical (unpaired) electrons. The van der Waals surface area contributed by atoms with E-state index in [4.69, 9.17) is 4.74 Å². The quantitative estimate of drug-likeness (QED) is 0.195. The Labute approximate surface area is 232 Å². The van der Waals surface area contributed by atoms with Gasteiger partial charge in [0.1, 0.15) is 16.9 Å². The molecular weight excluding hydrogens is 553 g/mol. The second kappa shape index (κ2) is 12.7. The number of carbonyl (C=O) groups excluding carboxylic acids is 1. The van der Waals surface area contributed by atoms with Crippen LogP contribution in [-0.4, -0.2) is 73.5 Å². The normalized spacial score (nSPS) is 17.7. The third-order valence-corrected chi connectivity index (χ3v) is 7.17. The highest BCUT2D eigenvalue weighted by atomic mass is 32.2. The summed E-state index contributed by atoms with van der Waals surface area (Å²) in [6.07, 6.45) is 0.939. The molecule has 0 spiro atoms. The topological polar surface area (TPSA) is 70.0 Å². The minimum atomic E-state index is -4.56. The maximum absolute atomic E-state index is 14.7. The molecule has 1 amide bonds. The van der Waals surface area contributed by atoms with Gasteiger partial charge in [0, 0.05) is 43.7 Å². The van der Waals surface area contributed by atoms with Gasteiger partial charge in [-0.1, -0.05) is 11.8 Å². The Morgan fingerprint density at radius 2 is 2.02 bits per heavy atom. The second-order valence-electron chi connectivity index (χ2n) is 9.10. The van der Waals surface area contributed by atoms with Gasteiger partial charge in [-0.25, -0.2) is 8.78 Å². The number of alkyl halides is 5. The maximum atomic E-state index is 14.7. The van der Waals surface area contributed by atoms with Gasteiger partial charge in [0.05, 0.1) is 35.0 Å². The zero-order chi connectivity index (χ0) is 28.9. The summed E-state index contributed by atoms with van der Waals surface area (Å²) < 4.78 is 74.3. The molecule has 0 saturated carbocycles. The molecule has 7 nitrogen and oxygen atoms in total. The Morgan fingerprint density at radius 3 is 2.73 bits per heavy atom. The molecule has 3 heterocycles. The average molecular weight is 582 g/mol. The van der Waals surface area contributed by atoms with Crippen molar-refractivity contribution >= 4 is 34.6 Å². The van der Waals surface area contributed by atoms with E-state index in [1.807, 2.05) is 11.9 Å². The fourth-order valence-corrected chi connectivity index (χ4v) is 5.13. The minimum Gasteiger partial charge on any atom is -0.461 e. The summed E-state index contributed by atoms with van der Waals surface area (Å²) in [7, 11) is 3.30. The monoisotopic (exact) mass is 581 g/mol. The van der Waals surface area contributed by atoms with Crippen molar-refractivity contribution in [2.75, 3.05) is 51.2 Å². The fourth-order valence-electron chi connectivity index (χ4n) is 4.43. The third kappa shape index (κ3) is 7.11. The van der Waals surface area contributed by atoms with Crippen molar-refractivity contribution in [3.8, 4) is 17.6 Å². The average Bonchev–Trinajstić information content (AvgIpc) is 3.25. The number of ether oxygens (including phenoxy) is 1. The SMILES string of the molecule is CNC(=O)c1ccc(NCC#Cc2cc3c(N[C@@H]4CCN(C)C[C@@H]4F)cccn3c2SC(F)(F)F)c(OCF)c1. The molecule has 1 aliphatic rings. The second-order valence-corrected chi connectivity index (χ2v) is 10.2. The molecule has 4 rings (SSSR count). The summed E-state index contributed by atoms with van der Waals surface area (Å²) in [4.78, 5) is 13.7. The largest absolute Gasteiger partial charge is 0.461 e. The van der Waals surface area contributed by atoms with Gasteiger partial charge in [-0.15, -0.1) is 0 Å². The lowest BCUT2D eigenvalue weighted by Gasteiger charge is -2.33. The minimum absolute atomic E-state index is 0.00544. The highest BCUT2D eigenvalue weighted by Gasteiger charge is 2.33. The van der Waals surface area contributed by atoms with Crippen LogP contribution in [0, 0.1) is 11.8 Å². The van der Waals surface area contributed by atoms with E-state index in [1.54, 1.807) is 18.2 Å². The lowest BCUT2D eigenvalue weighted by Crippen LogP contribution is -2.46. The summed E-state index contributed by atoms with van der Waals surface area (Å²) in [5.74, 6) is 5.30. The number of likely N-dealkylation sites (tertiary alicyclic amines) is 1. The van der Waals surface area contributed by atoms with E-state index in [9.17, 15) is 26.7 Å². The number of anilines is 2. The van der Waals surface area contributed by atoms with Crippen LogP contribution in [-0.2, 0) is 0 Å². The summed E-state index contributed by atoms with van der Waals surface area (Å²) in [5, 5.41) is 8.46. The maximum Gasteiger partial charge on any atom is 0.447 e. The predicted molar refractivity (Wildman–Crippen MR) is 146 cm³/mol. The summed E-state index contributed by atoms with van der Waals surface area (Å²) in [6, 6.07) is 8.79. The molecule has 3 aromatic rings. The molecule has 1 saturated heterocycles. The Kier molecular flexibility index (Phi) is 9.32. The molecular formula is C27H28F5N5O2S. The first kappa shape index (κ1) is 29.4. The third-order valence-electron chi connectivity index (χ3n) is 6.33. The standard InChI is InChI=1S/C27H28F5N5O2S/c1-33-25(38)17-7-8-22(24(14-17)39-16-28)34-10-3-5-18-13-23-21(35-20-9-12-36(2)15-19(20)29)6-4-11-37(23)26(18)40-27(30,31)32/h4,6-8,11,13-14,19-20,34-35H,9-10,12,15-16H2,1-2H3,(H,33,38)/t19-,20+/m0/s1. The smallest absolute Gasteiger partial charge is 0.447 e. The number of hydrogen-bond acceptors (Lipinski definition) is 6. The van der Waals surface area contributed by atoms with Crippen molar-refractivity contribution in [3.05, 3.63) is 53.7 Å². The summed E-state index contributed by atoms with van der Waals surface area (Å²) >= 11 is -0.279. The van der Waals surface area contributed by atoms with Gasteiger partial charge in [-0.3, -0.25) is 4.79 Å². The molecule has 2 atom stereocenters. The van der Waals surface area contributed by atoms with Gasteiger partial charge in [0.2, 0.25) is 6.86 Å². The van der Waals surface area contributed by atoms with Crippen LogP contribution in [0.2, 0.25) is 0 Å². The van der Waals surface area contributed by atoms with Crippen LogP contribution < -0.4 is 20.7 Å². The Bertz CT molecular complexity index is 1420. The zero-order valence-electron chi connectivity index (χ0n) is 21.7. The molecule has 0 bridgehead atoms. The molecule has 1 aromatic carbocycles. The number of pyridine rings is 1. The van der Waals surface area contributed by atoms with Crippen LogP contribution >= 0.6 is 11.8 Å². The number of rotatable bonds is 8. The predicted octanol–water partition coefficient (Wildman–Crippen LogP) is 5.13. The van der Waals surface area contributed by atoms with Crippen molar-refractivity contribution in [3.63, 3.8) is 0 Å². The van der Waals surface area contributed by atoms with E-state index in [0.29, 0.717) is 29.9 Å². The molecule has 3 N–H and O–H groups in total. The molecule has 13 heteroatoms. The molecule has 2 aromatic heterocycles. The number of nitrogens with one attached hydrogen (secondary N) is 3. The van der Waals surface area contributed by atoms with Gasteiger partial charge in [-0.2, -0.15) is 13.2 Å². The molecule has 0 unspecified atom stereocenters. The lowest BCUT2D eigenvalue weighted by molar-refractivity contribution is -0.0329. The van der Waals surface area contributed by atoms with E-state index in [-0.39, 0.29) is 52.7 Å². The van der Waals surface area contributed by atoms with E-state index >= 15 is 0 Å². The number of hydrogen-bond donors (Lipinski definition) is 3. The molecule has 1 fully saturated rings. The number of nitrogens with zero attached hydrogens (tertiary/aromatic N) is 2. The Morgan fingerprint density at radius 1 is 1.23 bits per heavy atom. The lowest BCUT2D eigenvalue weighted by atomic mass is 10.0. The number of fused-ring (bicyclic) bond motifs is 1. The summed E-state index contributed by atoms with van der Waals surface area (Å²) in [6.45, 7) is -0.153. The van der Waals surface area contributed by atoms with E-state index in [2.05, 4.69) is 27.8 Å². The number of halogens is 5. The van der Waals surface area contributed by atoms with Crippen molar-refractivity contribution in [1.82, 2.24) is 14.6 Å². The van der Waals surface area contributed by atoms with Crippen molar-refractivity contribution in [2.24, 2.45) is 0 Å². The van der Waals surface area contributed by atoms with Crippen LogP contribution in [0.5, 0.6) is 5.75 Å². The number of thioether (sulfide) groups is 1. The van der Waals surface area contributed by atoms with Gasteiger partial charge >= 0.3 is 5.51 Å². The molecule has 214 valence electrons. The molecule has 40 heavy (non-hydrogen) atoms. The van der Waals surface area contributed by atoms with Crippen LogP contribution in [0.1, 0.15) is 22.3 Å². The fraction of sp³-hybridized carbons (Fsp3) is 0.370. The van der Waals surface area contributed by atoms with Gasteiger partial charge < -0.3 is 30.0 Å². The number of carbonyl (C=O) groups is 1.